The van der Waals surface area contributed by atoms with E-state index in [0.29, 0.717) is 38.8 Å². The van der Waals surface area contributed by atoms with E-state index in [1.165, 1.54) is 7.11 Å². The first-order chi connectivity index (χ1) is 14.5. The summed E-state index contributed by atoms with van der Waals surface area (Å²) in [5, 5.41) is 2.82. The smallest absolute Gasteiger partial charge is 0.409 e. The van der Waals surface area contributed by atoms with Crippen molar-refractivity contribution in [3.8, 4) is 0 Å². The molecule has 1 saturated heterocycles. The Balaban J connectivity index is 1.54. The van der Waals surface area contributed by atoms with Crippen LogP contribution in [0.3, 0.4) is 0 Å². The van der Waals surface area contributed by atoms with E-state index in [0.717, 1.165) is 24.8 Å². The lowest BCUT2D eigenvalue weighted by Gasteiger charge is -2.36. The Morgan fingerprint density at radius 1 is 1.07 bits per heavy atom. The zero-order valence-electron chi connectivity index (χ0n) is 17.4. The molecule has 2 amide bonds. The van der Waals surface area contributed by atoms with Crippen LogP contribution in [0.15, 0.2) is 30.3 Å². The number of alkyl carbamates (subject to hydrolysis) is 1. The molecule has 1 aliphatic heterocycles. The molecule has 1 aromatic carbocycles. The van der Waals surface area contributed by atoms with Crippen LogP contribution in [0, 0.1) is 0 Å². The molecule has 0 atom stereocenters. The third-order valence-electron chi connectivity index (χ3n) is 5.80. The quantitative estimate of drug-likeness (QED) is 0.582. The van der Waals surface area contributed by atoms with Gasteiger partial charge in [0.2, 0.25) is 0 Å². The maximum absolute atomic E-state index is 12.9. The third-order valence-corrected chi connectivity index (χ3v) is 5.80. The Hall–Kier alpha value is -2.77. The van der Waals surface area contributed by atoms with Crippen molar-refractivity contribution in [3.63, 3.8) is 0 Å². The SMILES string of the molecule is COC(=O)N1CCC(OC(=O)NC2(C(=O)OCc3ccccc3)CCCCC2)CC1. The highest BCUT2D eigenvalue weighted by molar-refractivity contribution is 5.86. The van der Waals surface area contributed by atoms with Gasteiger partial charge in [0.25, 0.3) is 0 Å². The van der Waals surface area contributed by atoms with Crippen molar-refractivity contribution < 1.29 is 28.6 Å². The molecule has 8 nitrogen and oxygen atoms in total. The van der Waals surface area contributed by atoms with Crippen molar-refractivity contribution in [2.24, 2.45) is 0 Å². The van der Waals surface area contributed by atoms with E-state index in [-0.39, 0.29) is 18.8 Å². The molecule has 2 aliphatic rings. The lowest BCUT2D eigenvalue weighted by atomic mass is 9.82. The second-order valence-corrected chi connectivity index (χ2v) is 7.89. The van der Waals surface area contributed by atoms with Gasteiger partial charge in [0, 0.05) is 25.9 Å². The van der Waals surface area contributed by atoms with Crippen molar-refractivity contribution in [2.45, 2.75) is 63.2 Å². The summed E-state index contributed by atoms with van der Waals surface area (Å²) in [7, 11) is 1.35. The van der Waals surface area contributed by atoms with E-state index in [1.807, 2.05) is 30.3 Å². The molecule has 164 valence electrons. The summed E-state index contributed by atoms with van der Waals surface area (Å²) < 4.78 is 15.8. The zero-order chi connectivity index (χ0) is 21.4. The fourth-order valence-electron chi connectivity index (χ4n) is 4.06. The molecule has 8 heteroatoms. The fourth-order valence-corrected chi connectivity index (χ4v) is 4.06. The summed E-state index contributed by atoms with van der Waals surface area (Å²) >= 11 is 0. The van der Waals surface area contributed by atoms with Crippen molar-refractivity contribution in [3.05, 3.63) is 35.9 Å². The predicted molar refractivity (Wildman–Crippen MR) is 109 cm³/mol. The number of piperidine rings is 1. The van der Waals surface area contributed by atoms with Crippen molar-refractivity contribution >= 4 is 18.2 Å². The van der Waals surface area contributed by atoms with E-state index < -0.39 is 17.6 Å². The van der Waals surface area contributed by atoms with E-state index in [9.17, 15) is 14.4 Å². The number of rotatable bonds is 5. The van der Waals surface area contributed by atoms with Gasteiger partial charge < -0.3 is 24.4 Å². The second-order valence-electron chi connectivity index (χ2n) is 7.89. The summed E-state index contributed by atoms with van der Waals surface area (Å²) in [6, 6.07) is 9.47. The van der Waals surface area contributed by atoms with E-state index in [2.05, 4.69) is 5.32 Å². The molecule has 0 bridgehead atoms. The van der Waals surface area contributed by atoms with Crippen molar-refractivity contribution in [2.75, 3.05) is 20.2 Å². The molecule has 30 heavy (non-hydrogen) atoms. The summed E-state index contributed by atoms with van der Waals surface area (Å²) in [6.07, 6.45) is 3.58. The van der Waals surface area contributed by atoms with Gasteiger partial charge in [-0.1, -0.05) is 49.6 Å². The molecule has 1 aromatic rings. The molecular formula is C22H30N2O6. The number of ether oxygens (including phenoxy) is 3. The Labute approximate surface area is 176 Å². The number of nitrogens with one attached hydrogen (secondary N) is 1. The van der Waals surface area contributed by atoms with Gasteiger partial charge in [0.1, 0.15) is 18.2 Å². The number of carbonyl (C=O) groups excluding carboxylic acids is 3. The van der Waals surface area contributed by atoms with Crippen LogP contribution in [0.1, 0.15) is 50.5 Å². The molecule has 1 aliphatic carbocycles. The lowest BCUT2D eigenvalue weighted by molar-refractivity contribution is -0.154. The summed E-state index contributed by atoms with van der Waals surface area (Å²) in [5.41, 5.74) is -0.145. The standard InChI is InChI=1S/C22H30N2O6/c1-28-21(27)24-14-10-18(11-15-24)30-20(26)23-22(12-6-3-7-13-22)19(25)29-16-17-8-4-2-5-9-17/h2,4-5,8-9,18H,3,6-7,10-16H2,1H3,(H,23,26). The van der Waals surface area contributed by atoms with Crippen LogP contribution < -0.4 is 5.32 Å². The fraction of sp³-hybridized carbons (Fsp3) is 0.591. The predicted octanol–water partition coefficient (Wildman–Crippen LogP) is 3.39. The number of esters is 1. The topological polar surface area (TPSA) is 94.2 Å². The van der Waals surface area contributed by atoms with Gasteiger partial charge >= 0.3 is 18.2 Å². The van der Waals surface area contributed by atoms with Gasteiger partial charge in [-0.15, -0.1) is 0 Å². The molecular weight excluding hydrogens is 388 g/mol. The highest BCUT2D eigenvalue weighted by Gasteiger charge is 2.43. The Morgan fingerprint density at radius 2 is 1.73 bits per heavy atom. The number of likely N-dealkylation sites (tertiary alicyclic amines) is 1. The van der Waals surface area contributed by atoms with Crippen LogP contribution in [0.4, 0.5) is 9.59 Å². The van der Waals surface area contributed by atoms with Crippen LogP contribution in [-0.4, -0.2) is 54.9 Å². The first kappa shape index (κ1) is 21.9. The van der Waals surface area contributed by atoms with E-state index in [1.54, 1.807) is 4.90 Å². The molecule has 1 saturated carbocycles. The minimum absolute atomic E-state index is 0.171. The van der Waals surface area contributed by atoms with Crippen LogP contribution in [-0.2, 0) is 25.6 Å². The monoisotopic (exact) mass is 418 g/mol. The normalized spacial score (nSPS) is 18.9. The molecule has 1 N–H and O–H groups in total. The van der Waals surface area contributed by atoms with Crippen LogP contribution in [0.25, 0.3) is 0 Å². The summed E-state index contributed by atoms with van der Waals surface area (Å²) in [6.45, 7) is 1.11. The molecule has 0 spiro atoms. The Kier molecular flexibility index (Phi) is 7.54. The van der Waals surface area contributed by atoms with E-state index >= 15 is 0 Å². The highest BCUT2D eigenvalue weighted by Crippen LogP contribution is 2.30. The van der Waals surface area contributed by atoms with Gasteiger partial charge in [-0.2, -0.15) is 0 Å². The second kappa shape index (κ2) is 10.3. The molecule has 2 fully saturated rings. The number of methoxy groups -OCH3 is 1. The van der Waals surface area contributed by atoms with Crippen LogP contribution in [0.2, 0.25) is 0 Å². The van der Waals surface area contributed by atoms with Crippen molar-refractivity contribution in [1.82, 2.24) is 10.2 Å². The van der Waals surface area contributed by atoms with Crippen LogP contribution >= 0.6 is 0 Å². The lowest BCUT2D eigenvalue weighted by Crippen LogP contribution is -2.57. The first-order valence-corrected chi connectivity index (χ1v) is 10.6. The minimum atomic E-state index is -1.04. The van der Waals surface area contributed by atoms with Gasteiger partial charge in [-0.3, -0.25) is 0 Å². The molecule has 0 unspecified atom stereocenters. The number of benzene rings is 1. The number of nitrogens with zero attached hydrogens (tertiary/aromatic N) is 1. The number of carbonyl (C=O) groups is 3. The molecule has 0 aromatic heterocycles. The third kappa shape index (κ3) is 5.64. The number of hydrogen-bond donors (Lipinski definition) is 1. The zero-order valence-corrected chi connectivity index (χ0v) is 17.4. The molecule has 1 heterocycles. The molecule has 3 rings (SSSR count). The van der Waals surface area contributed by atoms with Gasteiger partial charge in [0.15, 0.2) is 0 Å². The average Bonchev–Trinajstić information content (AvgIpc) is 2.78. The summed E-state index contributed by atoms with van der Waals surface area (Å²) in [5.74, 6) is -0.413. The maximum atomic E-state index is 12.9. The van der Waals surface area contributed by atoms with Gasteiger partial charge in [-0.25, -0.2) is 14.4 Å². The average molecular weight is 418 g/mol. The summed E-state index contributed by atoms with van der Waals surface area (Å²) in [4.78, 5) is 38.7. The maximum Gasteiger partial charge on any atom is 0.409 e. The highest BCUT2D eigenvalue weighted by atomic mass is 16.6. The first-order valence-electron chi connectivity index (χ1n) is 10.6. The number of amides is 2. The van der Waals surface area contributed by atoms with Gasteiger partial charge in [-0.05, 0) is 18.4 Å². The Morgan fingerprint density at radius 3 is 2.37 bits per heavy atom. The number of hydrogen-bond acceptors (Lipinski definition) is 6. The van der Waals surface area contributed by atoms with Crippen LogP contribution in [0.5, 0.6) is 0 Å². The minimum Gasteiger partial charge on any atom is -0.459 e. The van der Waals surface area contributed by atoms with E-state index in [4.69, 9.17) is 14.2 Å². The largest absolute Gasteiger partial charge is 0.459 e. The van der Waals surface area contributed by atoms with Gasteiger partial charge in [0.05, 0.1) is 7.11 Å². The van der Waals surface area contributed by atoms with Crippen molar-refractivity contribution in [1.29, 1.82) is 0 Å². The molecule has 0 radical (unpaired) electrons. The Bertz CT molecular complexity index is 724.